The van der Waals surface area contributed by atoms with Crippen molar-refractivity contribution in [3.8, 4) is 0 Å². The minimum Gasteiger partial charge on any atom is -0.353 e. The molecule has 2 fully saturated rings. The highest BCUT2D eigenvalue weighted by Gasteiger charge is 2.31. The number of nitrogens with zero attached hydrogens (tertiary/aromatic N) is 1. The number of halogens is 1. The highest BCUT2D eigenvalue weighted by atomic mass is 35.5. The summed E-state index contributed by atoms with van der Waals surface area (Å²) in [5.41, 5.74) is 0. The molecule has 0 radical (unpaired) electrons. The summed E-state index contributed by atoms with van der Waals surface area (Å²) < 4.78 is 0. The van der Waals surface area contributed by atoms with E-state index in [0.29, 0.717) is 18.3 Å². The third-order valence-electron chi connectivity index (χ3n) is 3.72. The van der Waals surface area contributed by atoms with Crippen molar-refractivity contribution in [2.24, 2.45) is 0 Å². The van der Waals surface area contributed by atoms with Gasteiger partial charge in [0.25, 0.3) is 0 Å². The van der Waals surface area contributed by atoms with Crippen molar-refractivity contribution in [1.29, 1.82) is 0 Å². The van der Waals surface area contributed by atoms with E-state index in [-0.39, 0.29) is 5.91 Å². The Morgan fingerprint density at radius 1 is 1.38 bits per heavy atom. The summed E-state index contributed by atoms with van der Waals surface area (Å²) in [4.78, 5) is 14.1. The van der Waals surface area contributed by atoms with Gasteiger partial charge < -0.3 is 10.2 Å². The number of carbonyl (C=O) groups is 1. The SMILES string of the molecule is O=C(CCCCl)NC1CCN2CCCC2C1. The first-order chi connectivity index (χ1) is 7.79. The molecule has 0 aromatic rings. The standard InChI is InChI=1S/C12H21ClN2O/c13-6-1-4-12(16)14-10-5-8-15-7-2-3-11(15)9-10/h10-11H,1-9H2,(H,14,16). The van der Waals surface area contributed by atoms with E-state index in [2.05, 4.69) is 10.2 Å². The van der Waals surface area contributed by atoms with Crippen molar-refractivity contribution in [2.45, 2.75) is 50.6 Å². The summed E-state index contributed by atoms with van der Waals surface area (Å²) in [6.45, 7) is 2.42. The van der Waals surface area contributed by atoms with Crippen LogP contribution in [0.25, 0.3) is 0 Å². The molecule has 0 aliphatic carbocycles. The van der Waals surface area contributed by atoms with E-state index in [1.165, 1.54) is 19.4 Å². The first kappa shape index (κ1) is 12.2. The van der Waals surface area contributed by atoms with E-state index >= 15 is 0 Å². The monoisotopic (exact) mass is 244 g/mol. The fraction of sp³-hybridized carbons (Fsp3) is 0.917. The molecule has 2 aliphatic rings. The fourth-order valence-corrected chi connectivity index (χ4v) is 3.02. The second-order valence-electron chi connectivity index (χ2n) is 4.91. The molecule has 2 unspecified atom stereocenters. The first-order valence-corrected chi connectivity index (χ1v) is 6.92. The maximum Gasteiger partial charge on any atom is 0.220 e. The minimum atomic E-state index is 0.178. The zero-order chi connectivity index (χ0) is 11.4. The number of carbonyl (C=O) groups excluding carboxylic acids is 1. The van der Waals surface area contributed by atoms with Gasteiger partial charge in [0.05, 0.1) is 0 Å². The molecule has 2 saturated heterocycles. The van der Waals surface area contributed by atoms with Crippen LogP contribution in [0, 0.1) is 0 Å². The Morgan fingerprint density at radius 3 is 3.06 bits per heavy atom. The van der Waals surface area contributed by atoms with Gasteiger partial charge in [0.15, 0.2) is 0 Å². The van der Waals surface area contributed by atoms with Gasteiger partial charge in [0, 0.05) is 30.9 Å². The quantitative estimate of drug-likeness (QED) is 0.765. The van der Waals surface area contributed by atoms with E-state index in [1.807, 2.05) is 0 Å². The number of alkyl halides is 1. The maximum absolute atomic E-state index is 11.6. The van der Waals surface area contributed by atoms with Crippen LogP contribution in [-0.4, -0.2) is 41.9 Å². The van der Waals surface area contributed by atoms with Crippen LogP contribution < -0.4 is 5.32 Å². The van der Waals surface area contributed by atoms with Crippen LogP contribution >= 0.6 is 11.6 Å². The smallest absolute Gasteiger partial charge is 0.220 e. The molecule has 2 heterocycles. The molecule has 1 N–H and O–H groups in total. The highest BCUT2D eigenvalue weighted by Crippen LogP contribution is 2.26. The molecule has 4 heteroatoms. The second-order valence-corrected chi connectivity index (χ2v) is 5.29. The van der Waals surface area contributed by atoms with Gasteiger partial charge >= 0.3 is 0 Å². The molecule has 3 nitrogen and oxygen atoms in total. The molecule has 0 saturated carbocycles. The predicted octanol–water partition coefficient (Wildman–Crippen LogP) is 1.75. The van der Waals surface area contributed by atoms with Crippen molar-refractivity contribution in [3.63, 3.8) is 0 Å². The van der Waals surface area contributed by atoms with Crippen molar-refractivity contribution in [1.82, 2.24) is 10.2 Å². The van der Waals surface area contributed by atoms with Gasteiger partial charge in [0.1, 0.15) is 0 Å². The molecule has 92 valence electrons. The van der Waals surface area contributed by atoms with Gasteiger partial charge in [-0.2, -0.15) is 0 Å². The predicted molar refractivity (Wildman–Crippen MR) is 65.7 cm³/mol. The third kappa shape index (κ3) is 3.11. The zero-order valence-corrected chi connectivity index (χ0v) is 10.5. The summed E-state index contributed by atoms with van der Waals surface area (Å²) in [5.74, 6) is 0.756. The van der Waals surface area contributed by atoms with E-state index in [9.17, 15) is 4.79 Å². The molecule has 2 aliphatic heterocycles. The van der Waals surface area contributed by atoms with Crippen LogP contribution in [0.4, 0.5) is 0 Å². The lowest BCUT2D eigenvalue weighted by molar-refractivity contribution is -0.122. The van der Waals surface area contributed by atoms with Crippen molar-refractivity contribution in [2.75, 3.05) is 19.0 Å². The Morgan fingerprint density at radius 2 is 2.25 bits per heavy atom. The zero-order valence-electron chi connectivity index (χ0n) is 9.75. The number of nitrogens with one attached hydrogen (secondary N) is 1. The van der Waals surface area contributed by atoms with Crippen LogP contribution in [0.15, 0.2) is 0 Å². The lowest BCUT2D eigenvalue weighted by Gasteiger charge is -2.35. The van der Waals surface area contributed by atoms with Crippen molar-refractivity contribution < 1.29 is 4.79 Å². The van der Waals surface area contributed by atoms with Gasteiger partial charge in [-0.3, -0.25) is 4.79 Å². The van der Waals surface area contributed by atoms with Gasteiger partial charge in [-0.05, 0) is 38.6 Å². The number of fused-ring (bicyclic) bond motifs is 1. The molecule has 16 heavy (non-hydrogen) atoms. The van der Waals surface area contributed by atoms with Gasteiger partial charge in [-0.25, -0.2) is 0 Å². The summed E-state index contributed by atoms with van der Waals surface area (Å²) in [5, 5.41) is 3.14. The molecule has 0 bridgehead atoms. The van der Waals surface area contributed by atoms with E-state index in [0.717, 1.165) is 31.8 Å². The number of hydrogen-bond acceptors (Lipinski definition) is 2. The van der Waals surface area contributed by atoms with Crippen LogP contribution in [0.3, 0.4) is 0 Å². The summed E-state index contributed by atoms with van der Waals surface area (Å²) >= 11 is 5.57. The van der Waals surface area contributed by atoms with Gasteiger partial charge in [-0.1, -0.05) is 0 Å². The van der Waals surface area contributed by atoms with Crippen LogP contribution in [0.5, 0.6) is 0 Å². The Balaban J connectivity index is 1.72. The van der Waals surface area contributed by atoms with Crippen LogP contribution in [0.2, 0.25) is 0 Å². The average Bonchev–Trinajstić information content (AvgIpc) is 2.73. The van der Waals surface area contributed by atoms with E-state index in [1.54, 1.807) is 0 Å². The number of rotatable bonds is 4. The Bertz CT molecular complexity index is 247. The lowest BCUT2D eigenvalue weighted by atomic mass is 9.97. The Kier molecular flexibility index (Phi) is 4.47. The topological polar surface area (TPSA) is 32.3 Å². The summed E-state index contributed by atoms with van der Waals surface area (Å²) in [7, 11) is 0. The highest BCUT2D eigenvalue weighted by molar-refractivity contribution is 6.17. The normalized spacial score (nSPS) is 30.1. The molecule has 0 aromatic carbocycles. The number of piperidine rings is 1. The Labute approximate surface area is 103 Å². The maximum atomic E-state index is 11.6. The molecule has 2 rings (SSSR count). The Hall–Kier alpha value is -0.280. The summed E-state index contributed by atoms with van der Waals surface area (Å²) in [6, 6.07) is 1.13. The summed E-state index contributed by atoms with van der Waals surface area (Å²) in [6.07, 6.45) is 6.27. The molecule has 1 amide bonds. The molecule has 0 spiro atoms. The lowest BCUT2D eigenvalue weighted by Crippen LogP contribution is -2.47. The van der Waals surface area contributed by atoms with Gasteiger partial charge in [0.2, 0.25) is 5.91 Å². The molecule has 2 atom stereocenters. The fourth-order valence-electron chi connectivity index (χ4n) is 2.88. The first-order valence-electron chi connectivity index (χ1n) is 6.39. The molecule has 0 aromatic heterocycles. The molecular weight excluding hydrogens is 224 g/mol. The van der Waals surface area contributed by atoms with Crippen LogP contribution in [-0.2, 0) is 4.79 Å². The van der Waals surface area contributed by atoms with Crippen molar-refractivity contribution in [3.05, 3.63) is 0 Å². The van der Waals surface area contributed by atoms with Gasteiger partial charge in [-0.15, -0.1) is 11.6 Å². The average molecular weight is 245 g/mol. The van der Waals surface area contributed by atoms with Crippen LogP contribution in [0.1, 0.15) is 38.5 Å². The largest absolute Gasteiger partial charge is 0.353 e. The van der Waals surface area contributed by atoms with E-state index < -0.39 is 0 Å². The minimum absolute atomic E-state index is 0.178. The molecular formula is C12H21ClN2O. The number of hydrogen-bond donors (Lipinski definition) is 1. The number of amides is 1. The van der Waals surface area contributed by atoms with E-state index in [4.69, 9.17) is 11.6 Å². The second kappa shape index (κ2) is 5.87. The third-order valence-corrected chi connectivity index (χ3v) is 3.99. The van der Waals surface area contributed by atoms with Crippen molar-refractivity contribution >= 4 is 17.5 Å².